The molecule has 0 amide bonds. The largest absolute Gasteiger partial charge is 0.465 e. The van der Waals surface area contributed by atoms with Gasteiger partial charge in [-0.2, -0.15) is 0 Å². The molecule has 0 heterocycles. The Kier molecular flexibility index (Phi) is 9.76. The van der Waals surface area contributed by atoms with Crippen molar-refractivity contribution >= 4 is 27.4 Å². The summed E-state index contributed by atoms with van der Waals surface area (Å²) in [5.74, 6) is -0.524. The third-order valence-corrected chi connectivity index (χ3v) is 8.90. The van der Waals surface area contributed by atoms with Crippen LogP contribution in [0.4, 0.5) is 0 Å². The Morgan fingerprint density at radius 3 is 2.00 bits per heavy atom. The summed E-state index contributed by atoms with van der Waals surface area (Å²) in [5, 5.41) is 11.6. The molecule has 2 atom stereocenters. The van der Waals surface area contributed by atoms with Crippen molar-refractivity contribution in [1.29, 1.82) is 0 Å². The van der Waals surface area contributed by atoms with E-state index in [2.05, 4.69) is 28.7 Å². The highest BCUT2D eigenvalue weighted by atomic mass is 35.5. The number of aliphatic hydroxyl groups is 1. The molecule has 0 aliphatic rings. The van der Waals surface area contributed by atoms with Crippen LogP contribution in [0.2, 0.25) is 5.02 Å². The number of rotatable bonds is 11. The summed E-state index contributed by atoms with van der Waals surface area (Å²) < 4.78 is 31.0. The minimum Gasteiger partial charge on any atom is -0.465 e. The van der Waals surface area contributed by atoms with E-state index in [0.29, 0.717) is 24.5 Å². The van der Waals surface area contributed by atoms with Gasteiger partial charge in [0.15, 0.2) is 0 Å². The second kappa shape index (κ2) is 13.2. The van der Waals surface area contributed by atoms with Gasteiger partial charge in [-0.15, -0.1) is 0 Å². The van der Waals surface area contributed by atoms with Gasteiger partial charge in [0.1, 0.15) is 0 Å². The van der Waals surface area contributed by atoms with Gasteiger partial charge in [0, 0.05) is 24.2 Å². The Morgan fingerprint density at radius 1 is 0.850 bits per heavy atom. The van der Waals surface area contributed by atoms with Crippen LogP contribution in [0.25, 0.3) is 0 Å². The molecule has 0 aliphatic carbocycles. The zero-order valence-corrected chi connectivity index (χ0v) is 24.0. The summed E-state index contributed by atoms with van der Waals surface area (Å²) in [6.07, 6.45) is -0.0320. The van der Waals surface area contributed by atoms with Crippen LogP contribution in [0.15, 0.2) is 113 Å². The molecule has 208 valence electrons. The number of ether oxygens (including phenoxy) is 1. The monoisotopic (exact) mass is 577 g/mol. The molecule has 4 aromatic carbocycles. The molecule has 0 bridgehead atoms. The predicted octanol–water partition coefficient (Wildman–Crippen LogP) is 6.13. The van der Waals surface area contributed by atoms with Gasteiger partial charge in [-0.25, -0.2) is 13.2 Å². The van der Waals surface area contributed by atoms with Crippen molar-refractivity contribution in [3.63, 3.8) is 0 Å². The lowest BCUT2D eigenvalue weighted by molar-refractivity contribution is 0.0600. The highest BCUT2D eigenvalue weighted by Crippen LogP contribution is 2.24. The molecular weight excluding hydrogens is 546 g/mol. The van der Waals surface area contributed by atoms with Crippen LogP contribution in [-0.4, -0.2) is 44.1 Å². The summed E-state index contributed by atoms with van der Waals surface area (Å²) in [6.45, 7) is 3.18. The highest BCUT2D eigenvalue weighted by molar-refractivity contribution is 7.91. The summed E-state index contributed by atoms with van der Waals surface area (Å²) in [6, 6.07) is 29.9. The number of aliphatic hydroxyl groups excluding tert-OH is 1. The summed E-state index contributed by atoms with van der Waals surface area (Å²) in [4.78, 5) is 14.2. The number of halogens is 1. The van der Waals surface area contributed by atoms with Crippen molar-refractivity contribution in [3.8, 4) is 0 Å². The normalized spacial score (nSPS) is 13.1. The molecule has 0 spiro atoms. The number of nitrogens with zero attached hydrogens (tertiary/aromatic N) is 1. The molecule has 4 rings (SSSR count). The van der Waals surface area contributed by atoms with E-state index in [0.717, 1.165) is 16.7 Å². The maximum Gasteiger partial charge on any atom is 0.337 e. The smallest absolute Gasteiger partial charge is 0.337 e. The second-order valence-corrected chi connectivity index (χ2v) is 12.1. The van der Waals surface area contributed by atoms with Gasteiger partial charge in [-0.05, 0) is 78.6 Å². The lowest BCUT2D eigenvalue weighted by Gasteiger charge is -2.31. The van der Waals surface area contributed by atoms with E-state index in [1.165, 1.54) is 31.4 Å². The van der Waals surface area contributed by atoms with Crippen molar-refractivity contribution in [2.75, 3.05) is 13.7 Å². The first-order valence-electron chi connectivity index (χ1n) is 12.9. The van der Waals surface area contributed by atoms with Gasteiger partial charge in [0.05, 0.1) is 28.6 Å². The number of benzene rings is 4. The fraction of sp³-hybridized carbons (Fsp3) is 0.219. The third-order valence-electron chi connectivity index (χ3n) is 6.86. The Balaban J connectivity index is 1.49. The lowest BCUT2D eigenvalue weighted by atomic mass is 10.0. The van der Waals surface area contributed by atoms with Crippen molar-refractivity contribution in [2.45, 2.75) is 41.8 Å². The first-order chi connectivity index (χ1) is 19.2. The van der Waals surface area contributed by atoms with Crippen molar-refractivity contribution < 1.29 is 23.1 Å². The van der Waals surface area contributed by atoms with Crippen LogP contribution >= 0.6 is 11.6 Å². The lowest BCUT2D eigenvalue weighted by Crippen LogP contribution is -2.37. The van der Waals surface area contributed by atoms with E-state index in [4.69, 9.17) is 11.6 Å². The van der Waals surface area contributed by atoms with Crippen LogP contribution in [0.1, 0.15) is 40.1 Å². The standard InChI is InChI=1S/C32H32ClNO5S/c1-23(34(21-25-6-4-3-5-7-25)22-31(35)26-10-14-28(33)15-11-26)20-24-8-16-29(17-9-24)40(37,38)30-18-12-27(13-19-30)32(36)39-2/h3-19,23,31,35H,20-22H2,1-2H3/t23-,31+/m1/s1. The maximum absolute atomic E-state index is 13.1. The highest BCUT2D eigenvalue weighted by Gasteiger charge is 2.22. The molecule has 0 saturated carbocycles. The molecule has 8 heteroatoms. The van der Waals surface area contributed by atoms with Gasteiger partial charge in [0.2, 0.25) is 9.84 Å². The van der Waals surface area contributed by atoms with Crippen molar-refractivity contribution in [3.05, 3.63) is 130 Å². The summed E-state index contributed by atoms with van der Waals surface area (Å²) >= 11 is 6.02. The SMILES string of the molecule is COC(=O)c1ccc(S(=O)(=O)c2ccc(C[C@@H](C)N(Cc3ccccc3)C[C@H](O)c3ccc(Cl)cc3)cc2)cc1. The molecule has 40 heavy (non-hydrogen) atoms. The summed E-state index contributed by atoms with van der Waals surface area (Å²) in [7, 11) is -2.47. The first-order valence-corrected chi connectivity index (χ1v) is 14.8. The third kappa shape index (κ3) is 7.37. The Hall–Kier alpha value is -3.49. The second-order valence-electron chi connectivity index (χ2n) is 9.70. The molecule has 0 radical (unpaired) electrons. The molecule has 6 nitrogen and oxygen atoms in total. The van der Waals surface area contributed by atoms with E-state index < -0.39 is 21.9 Å². The summed E-state index contributed by atoms with van der Waals surface area (Å²) in [5.41, 5.74) is 3.19. The van der Waals surface area contributed by atoms with Crippen LogP contribution in [0.3, 0.4) is 0 Å². The zero-order chi connectivity index (χ0) is 28.7. The first kappa shape index (κ1) is 29.5. The molecule has 0 aromatic heterocycles. The molecule has 1 N–H and O–H groups in total. The van der Waals surface area contributed by atoms with Crippen molar-refractivity contribution in [2.24, 2.45) is 0 Å². The number of hydrogen-bond donors (Lipinski definition) is 1. The number of sulfone groups is 1. The average molecular weight is 578 g/mol. The van der Waals surface area contributed by atoms with E-state index in [9.17, 15) is 18.3 Å². The van der Waals surface area contributed by atoms with E-state index in [1.807, 2.05) is 42.5 Å². The molecule has 4 aromatic rings. The fourth-order valence-corrected chi connectivity index (χ4v) is 5.92. The van der Waals surface area contributed by atoms with Gasteiger partial charge < -0.3 is 9.84 Å². The number of carbonyl (C=O) groups excluding carboxylic acids is 1. The van der Waals surface area contributed by atoms with Gasteiger partial charge in [0.25, 0.3) is 0 Å². The van der Waals surface area contributed by atoms with Gasteiger partial charge in [-0.3, -0.25) is 4.90 Å². The maximum atomic E-state index is 13.1. The van der Waals surface area contributed by atoms with Gasteiger partial charge >= 0.3 is 5.97 Å². The molecular formula is C32H32ClNO5S. The average Bonchev–Trinajstić information content (AvgIpc) is 2.97. The minimum absolute atomic E-state index is 0.0514. The Bertz CT molecular complexity index is 1510. The zero-order valence-electron chi connectivity index (χ0n) is 22.4. The fourth-order valence-electron chi connectivity index (χ4n) is 4.53. The molecule has 0 unspecified atom stereocenters. The van der Waals surface area contributed by atoms with Crippen LogP contribution < -0.4 is 0 Å². The van der Waals surface area contributed by atoms with Crippen LogP contribution in [-0.2, 0) is 27.5 Å². The molecule has 0 saturated heterocycles. The molecule has 0 fully saturated rings. The van der Waals surface area contributed by atoms with E-state index in [-0.39, 0.29) is 21.4 Å². The minimum atomic E-state index is -3.75. The van der Waals surface area contributed by atoms with E-state index in [1.54, 1.807) is 24.3 Å². The number of carbonyl (C=O) groups is 1. The number of esters is 1. The number of hydrogen-bond acceptors (Lipinski definition) is 6. The van der Waals surface area contributed by atoms with Crippen LogP contribution in [0, 0.1) is 0 Å². The Labute approximate surface area is 240 Å². The van der Waals surface area contributed by atoms with Crippen LogP contribution in [0.5, 0.6) is 0 Å². The van der Waals surface area contributed by atoms with Crippen molar-refractivity contribution in [1.82, 2.24) is 4.90 Å². The van der Waals surface area contributed by atoms with Gasteiger partial charge in [-0.1, -0.05) is 66.2 Å². The quantitative estimate of drug-likeness (QED) is 0.216. The van der Waals surface area contributed by atoms with E-state index >= 15 is 0 Å². The molecule has 0 aliphatic heterocycles. The Morgan fingerprint density at radius 2 is 1.43 bits per heavy atom. The number of methoxy groups -OCH3 is 1. The topological polar surface area (TPSA) is 83.9 Å². The predicted molar refractivity (Wildman–Crippen MR) is 156 cm³/mol.